The number of aryl methyl sites for hydroxylation is 2. The van der Waals surface area contributed by atoms with E-state index < -0.39 is 0 Å². The molecule has 2 aromatic rings. The predicted octanol–water partition coefficient (Wildman–Crippen LogP) is 4.47. The van der Waals surface area contributed by atoms with Crippen LogP contribution < -0.4 is 10.6 Å². The molecule has 3 rings (SSSR count). The van der Waals surface area contributed by atoms with Gasteiger partial charge >= 0.3 is 6.09 Å². The monoisotopic (exact) mass is 358 g/mol. The second kappa shape index (κ2) is 8.02. The van der Waals surface area contributed by atoms with Gasteiger partial charge in [0, 0.05) is 27.9 Å². The quantitative estimate of drug-likeness (QED) is 0.801. The number of rotatable bonds is 6. The minimum atomic E-state index is -0.329. The van der Waals surface area contributed by atoms with E-state index in [1.807, 2.05) is 41.7 Å². The number of alkyl carbamates (subject to hydrolysis) is 1. The van der Waals surface area contributed by atoms with Crippen LogP contribution in [0.25, 0.3) is 0 Å². The summed E-state index contributed by atoms with van der Waals surface area (Å²) in [5, 5.41) is 6.61. The van der Waals surface area contributed by atoms with Gasteiger partial charge in [-0.15, -0.1) is 11.3 Å². The fourth-order valence-electron chi connectivity index (χ4n) is 3.33. The second-order valence-electron chi connectivity index (χ2n) is 6.83. The molecule has 134 valence electrons. The minimum Gasteiger partial charge on any atom is -0.445 e. The molecule has 0 spiro atoms. The van der Waals surface area contributed by atoms with Crippen LogP contribution >= 0.6 is 11.3 Å². The van der Waals surface area contributed by atoms with Crippen molar-refractivity contribution >= 4 is 17.4 Å². The van der Waals surface area contributed by atoms with Gasteiger partial charge in [-0.1, -0.05) is 30.3 Å². The highest BCUT2D eigenvalue weighted by molar-refractivity contribution is 7.12. The maximum atomic E-state index is 11.9. The van der Waals surface area contributed by atoms with Gasteiger partial charge in [0.25, 0.3) is 0 Å². The Kier molecular flexibility index (Phi) is 5.76. The standard InChI is InChI=1S/C20H26N2O2S/c1-13-9-19(15(3)25-13)14(2)21-17-10-18(11-17)22-20(23)24-12-16-7-5-4-6-8-16/h4-9,14,17-18,21H,10-12H2,1-3H3,(H,22,23). The van der Waals surface area contributed by atoms with Crippen molar-refractivity contribution < 1.29 is 9.53 Å². The van der Waals surface area contributed by atoms with E-state index in [1.165, 1.54) is 15.3 Å². The lowest BCUT2D eigenvalue weighted by Crippen LogP contribution is -2.52. The molecule has 0 saturated heterocycles. The van der Waals surface area contributed by atoms with Gasteiger partial charge in [-0.25, -0.2) is 4.79 Å². The van der Waals surface area contributed by atoms with Gasteiger partial charge in [-0.3, -0.25) is 0 Å². The summed E-state index contributed by atoms with van der Waals surface area (Å²) < 4.78 is 5.27. The maximum absolute atomic E-state index is 11.9. The van der Waals surface area contributed by atoms with Gasteiger partial charge in [0.05, 0.1) is 0 Å². The summed E-state index contributed by atoms with van der Waals surface area (Å²) in [7, 11) is 0. The molecule has 4 nitrogen and oxygen atoms in total. The fourth-order valence-corrected chi connectivity index (χ4v) is 4.35. The minimum absolute atomic E-state index is 0.207. The summed E-state index contributed by atoms with van der Waals surface area (Å²) in [5.41, 5.74) is 2.39. The van der Waals surface area contributed by atoms with Gasteiger partial charge < -0.3 is 15.4 Å². The maximum Gasteiger partial charge on any atom is 0.407 e. The number of ether oxygens (including phenoxy) is 1. The molecule has 0 bridgehead atoms. The average molecular weight is 359 g/mol. The summed E-state index contributed by atoms with van der Waals surface area (Å²) >= 11 is 1.85. The van der Waals surface area contributed by atoms with E-state index in [0.29, 0.717) is 18.7 Å². The Morgan fingerprint density at radius 3 is 2.60 bits per heavy atom. The number of amides is 1. The molecule has 1 aromatic heterocycles. The lowest BCUT2D eigenvalue weighted by atomic mass is 9.86. The first-order valence-corrected chi connectivity index (χ1v) is 9.63. The highest BCUT2D eigenvalue weighted by Gasteiger charge is 2.31. The smallest absolute Gasteiger partial charge is 0.407 e. The van der Waals surface area contributed by atoms with Gasteiger partial charge in [-0.05, 0) is 50.8 Å². The first-order valence-electron chi connectivity index (χ1n) is 8.81. The van der Waals surface area contributed by atoms with E-state index >= 15 is 0 Å². The molecule has 0 aliphatic heterocycles. The molecule has 1 atom stereocenters. The zero-order chi connectivity index (χ0) is 17.8. The van der Waals surface area contributed by atoms with E-state index in [2.05, 4.69) is 37.5 Å². The summed E-state index contributed by atoms with van der Waals surface area (Å²) in [4.78, 5) is 14.6. The molecule has 1 aliphatic carbocycles. The van der Waals surface area contributed by atoms with Crippen molar-refractivity contribution in [1.29, 1.82) is 0 Å². The number of carbonyl (C=O) groups is 1. The molecule has 1 aromatic carbocycles. The van der Waals surface area contributed by atoms with Crippen molar-refractivity contribution in [2.45, 2.75) is 58.3 Å². The van der Waals surface area contributed by atoms with Crippen LogP contribution in [0.15, 0.2) is 36.4 Å². The summed E-state index contributed by atoms with van der Waals surface area (Å²) in [6.07, 6.45) is 1.57. The third-order valence-corrected chi connectivity index (χ3v) is 5.69. The van der Waals surface area contributed by atoms with Crippen molar-refractivity contribution in [2.75, 3.05) is 0 Å². The lowest BCUT2D eigenvalue weighted by Gasteiger charge is -2.38. The summed E-state index contributed by atoms with van der Waals surface area (Å²) in [5.74, 6) is 0. The molecular weight excluding hydrogens is 332 g/mol. The topological polar surface area (TPSA) is 50.4 Å². The van der Waals surface area contributed by atoms with Gasteiger partial charge in [-0.2, -0.15) is 0 Å². The van der Waals surface area contributed by atoms with E-state index in [0.717, 1.165) is 18.4 Å². The molecule has 1 fully saturated rings. The molecule has 1 amide bonds. The van der Waals surface area contributed by atoms with Crippen LogP contribution in [0.5, 0.6) is 0 Å². The Morgan fingerprint density at radius 1 is 1.24 bits per heavy atom. The number of nitrogens with one attached hydrogen (secondary N) is 2. The van der Waals surface area contributed by atoms with E-state index in [1.54, 1.807) is 0 Å². The predicted molar refractivity (Wildman–Crippen MR) is 102 cm³/mol. The molecule has 1 aliphatic rings. The van der Waals surface area contributed by atoms with Crippen LogP contribution in [0.2, 0.25) is 0 Å². The number of carbonyl (C=O) groups excluding carboxylic acids is 1. The van der Waals surface area contributed by atoms with Crippen molar-refractivity contribution in [3.63, 3.8) is 0 Å². The Labute approximate surface area is 153 Å². The molecule has 0 radical (unpaired) electrons. The molecule has 25 heavy (non-hydrogen) atoms. The number of thiophene rings is 1. The first kappa shape index (κ1) is 18.0. The Bertz CT molecular complexity index is 708. The Balaban J connectivity index is 1.36. The number of hydrogen-bond donors (Lipinski definition) is 2. The number of benzene rings is 1. The van der Waals surface area contributed by atoms with E-state index in [4.69, 9.17) is 4.74 Å². The van der Waals surface area contributed by atoms with Crippen LogP contribution in [0.3, 0.4) is 0 Å². The molecule has 5 heteroatoms. The van der Waals surface area contributed by atoms with E-state index in [9.17, 15) is 4.79 Å². The van der Waals surface area contributed by atoms with Gasteiger partial charge in [0.2, 0.25) is 0 Å². The van der Waals surface area contributed by atoms with Crippen molar-refractivity contribution in [2.24, 2.45) is 0 Å². The zero-order valence-electron chi connectivity index (χ0n) is 15.0. The Morgan fingerprint density at radius 2 is 1.96 bits per heavy atom. The van der Waals surface area contributed by atoms with E-state index in [-0.39, 0.29) is 12.1 Å². The molecule has 1 unspecified atom stereocenters. The fraction of sp³-hybridized carbons (Fsp3) is 0.450. The molecule has 1 heterocycles. The highest BCUT2D eigenvalue weighted by Crippen LogP contribution is 2.29. The highest BCUT2D eigenvalue weighted by atomic mass is 32.1. The Hall–Kier alpha value is -1.85. The van der Waals surface area contributed by atoms with Crippen LogP contribution in [-0.2, 0) is 11.3 Å². The SMILES string of the molecule is Cc1cc(C(C)NC2CC(NC(=O)OCc3ccccc3)C2)c(C)s1. The number of hydrogen-bond acceptors (Lipinski definition) is 4. The van der Waals surface area contributed by atoms with Gasteiger partial charge in [0.1, 0.15) is 6.61 Å². The van der Waals surface area contributed by atoms with Crippen LogP contribution in [-0.4, -0.2) is 18.2 Å². The molecule has 2 N–H and O–H groups in total. The van der Waals surface area contributed by atoms with Crippen molar-refractivity contribution in [3.8, 4) is 0 Å². The first-order chi connectivity index (χ1) is 12.0. The van der Waals surface area contributed by atoms with Crippen LogP contribution in [0.4, 0.5) is 4.79 Å². The normalized spacial score (nSPS) is 20.6. The summed E-state index contributed by atoms with van der Waals surface area (Å²) in [6.45, 7) is 6.86. The second-order valence-corrected chi connectivity index (χ2v) is 8.29. The third-order valence-electron chi connectivity index (χ3n) is 4.70. The molecule has 1 saturated carbocycles. The van der Waals surface area contributed by atoms with Gasteiger partial charge in [0.15, 0.2) is 0 Å². The lowest BCUT2D eigenvalue weighted by molar-refractivity contribution is 0.124. The average Bonchev–Trinajstić information content (AvgIpc) is 2.90. The molecular formula is C20H26N2O2S. The van der Waals surface area contributed by atoms with Crippen molar-refractivity contribution in [1.82, 2.24) is 10.6 Å². The zero-order valence-corrected chi connectivity index (χ0v) is 15.9. The van der Waals surface area contributed by atoms with Crippen LogP contribution in [0, 0.1) is 13.8 Å². The van der Waals surface area contributed by atoms with Crippen molar-refractivity contribution in [3.05, 3.63) is 57.3 Å². The third kappa shape index (κ3) is 4.83. The largest absolute Gasteiger partial charge is 0.445 e. The summed E-state index contributed by atoms with van der Waals surface area (Å²) in [6, 6.07) is 13.0. The van der Waals surface area contributed by atoms with Crippen LogP contribution in [0.1, 0.15) is 46.7 Å².